The second-order valence-electron chi connectivity index (χ2n) is 5.80. The number of anilines is 1. The van der Waals surface area contributed by atoms with Gasteiger partial charge in [0.05, 0.1) is 17.1 Å². The van der Waals surface area contributed by atoms with Crippen molar-refractivity contribution >= 4 is 11.3 Å². The Morgan fingerprint density at radius 3 is 2.70 bits per heavy atom. The Morgan fingerprint density at radius 1 is 1.17 bits per heavy atom. The minimum atomic E-state index is 0.768. The summed E-state index contributed by atoms with van der Waals surface area (Å²) >= 11 is 0. The Bertz CT molecular complexity index is 815. The average molecular weight is 313 g/mol. The first kappa shape index (κ1) is 15.5. The molecule has 0 fully saturated rings. The molecule has 0 bridgehead atoms. The Morgan fingerprint density at radius 2 is 2.00 bits per heavy atom. The lowest BCUT2D eigenvalue weighted by Crippen LogP contribution is -2.10. The van der Waals surface area contributed by atoms with Gasteiger partial charge in [0.2, 0.25) is 5.65 Å². The van der Waals surface area contributed by atoms with Gasteiger partial charge in [0.25, 0.3) is 0 Å². The summed E-state index contributed by atoms with van der Waals surface area (Å²) in [7, 11) is 0. The number of aryl methyl sites for hydroxylation is 3. The van der Waals surface area contributed by atoms with Gasteiger partial charge in [0.1, 0.15) is 6.33 Å². The third-order valence-electron chi connectivity index (χ3n) is 4.29. The van der Waals surface area contributed by atoms with Crippen LogP contribution in [0.2, 0.25) is 0 Å². The molecule has 3 aromatic heterocycles. The van der Waals surface area contributed by atoms with E-state index in [1.807, 2.05) is 0 Å². The van der Waals surface area contributed by atoms with Gasteiger partial charge in [-0.15, -0.1) is 10.2 Å². The molecule has 1 N–H and O–H groups in total. The molecule has 3 aromatic rings. The molecule has 3 rings (SSSR count). The van der Waals surface area contributed by atoms with Crippen LogP contribution in [0.4, 0.5) is 5.69 Å². The van der Waals surface area contributed by atoms with Crippen molar-refractivity contribution in [1.29, 1.82) is 0 Å². The monoisotopic (exact) mass is 313 g/mol. The fourth-order valence-electron chi connectivity index (χ4n) is 2.64. The van der Waals surface area contributed by atoms with E-state index in [4.69, 9.17) is 0 Å². The Hall–Kier alpha value is -2.44. The van der Waals surface area contributed by atoms with E-state index in [2.05, 4.69) is 64.2 Å². The van der Waals surface area contributed by atoms with Crippen LogP contribution >= 0.6 is 0 Å². The first-order valence-electron chi connectivity index (χ1n) is 8.04. The van der Waals surface area contributed by atoms with Gasteiger partial charge in [-0.05, 0) is 45.2 Å². The number of hydrogen-bond acceptors (Lipinski definition) is 5. The predicted octanol–water partition coefficient (Wildman–Crippen LogP) is 2.31. The van der Waals surface area contributed by atoms with Crippen LogP contribution in [0.3, 0.4) is 0 Å². The van der Waals surface area contributed by atoms with Crippen LogP contribution in [0.5, 0.6) is 0 Å². The summed E-state index contributed by atoms with van der Waals surface area (Å²) in [6, 6.07) is 2.05. The van der Waals surface area contributed by atoms with Gasteiger partial charge in [0, 0.05) is 18.8 Å². The normalized spacial score (nSPS) is 11.3. The topological polar surface area (TPSA) is 72.9 Å². The molecular formula is C16H23N7. The third kappa shape index (κ3) is 3.04. The molecule has 0 saturated heterocycles. The van der Waals surface area contributed by atoms with E-state index >= 15 is 0 Å². The molecule has 0 saturated carbocycles. The number of rotatable bonds is 6. The van der Waals surface area contributed by atoms with Crippen molar-refractivity contribution in [3.8, 4) is 0 Å². The SMILES string of the molecule is CCc1cc(NCCCn2nc(C)c(C)c2C)c2nncn2n1. The maximum absolute atomic E-state index is 4.58. The third-order valence-corrected chi connectivity index (χ3v) is 4.29. The zero-order chi connectivity index (χ0) is 16.4. The molecule has 0 atom stereocenters. The lowest BCUT2D eigenvalue weighted by atomic mass is 10.2. The second kappa shape index (κ2) is 6.36. The summed E-state index contributed by atoms with van der Waals surface area (Å²) in [5.74, 6) is 0. The van der Waals surface area contributed by atoms with E-state index < -0.39 is 0 Å². The summed E-state index contributed by atoms with van der Waals surface area (Å²) in [5, 5.41) is 20.5. The molecule has 0 unspecified atom stereocenters. The van der Waals surface area contributed by atoms with Crippen LogP contribution in [0, 0.1) is 20.8 Å². The molecule has 0 aliphatic heterocycles. The number of aromatic nitrogens is 6. The van der Waals surface area contributed by atoms with Crippen LogP contribution in [-0.4, -0.2) is 36.1 Å². The minimum Gasteiger partial charge on any atom is -0.382 e. The van der Waals surface area contributed by atoms with Gasteiger partial charge in [-0.1, -0.05) is 6.92 Å². The van der Waals surface area contributed by atoms with Gasteiger partial charge in [-0.3, -0.25) is 4.68 Å². The zero-order valence-electron chi connectivity index (χ0n) is 14.2. The molecule has 122 valence electrons. The fraction of sp³-hybridized carbons (Fsp3) is 0.500. The van der Waals surface area contributed by atoms with E-state index in [1.54, 1.807) is 10.8 Å². The van der Waals surface area contributed by atoms with Crippen molar-refractivity contribution in [1.82, 2.24) is 29.6 Å². The Balaban J connectivity index is 1.64. The highest BCUT2D eigenvalue weighted by molar-refractivity contribution is 5.66. The van der Waals surface area contributed by atoms with Gasteiger partial charge in [0.15, 0.2) is 0 Å². The lowest BCUT2D eigenvalue weighted by molar-refractivity contribution is 0.573. The largest absolute Gasteiger partial charge is 0.382 e. The van der Waals surface area contributed by atoms with E-state index in [-0.39, 0.29) is 0 Å². The van der Waals surface area contributed by atoms with Crippen molar-refractivity contribution in [3.63, 3.8) is 0 Å². The van der Waals surface area contributed by atoms with Crippen LogP contribution in [0.25, 0.3) is 5.65 Å². The fourth-order valence-corrected chi connectivity index (χ4v) is 2.64. The molecular weight excluding hydrogens is 290 g/mol. The highest BCUT2D eigenvalue weighted by atomic mass is 15.3. The Kier molecular flexibility index (Phi) is 4.27. The summed E-state index contributed by atoms with van der Waals surface area (Å²) in [6.45, 7) is 10.2. The van der Waals surface area contributed by atoms with E-state index in [0.29, 0.717) is 0 Å². The molecule has 7 nitrogen and oxygen atoms in total. The number of hydrogen-bond donors (Lipinski definition) is 1. The standard InChI is InChI=1S/C16H23N7/c1-5-14-9-15(16-19-18-10-23(16)21-14)17-7-6-8-22-13(4)11(2)12(3)20-22/h9-10,17H,5-8H2,1-4H3. The second-order valence-corrected chi connectivity index (χ2v) is 5.80. The van der Waals surface area contributed by atoms with Crippen LogP contribution in [-0.2, 0) is 13.0 Å². The molecule has 7 heteroatoms. The molecule has 23 heavy (non-hydrogen) atoms. The zero-order valence-corrected chi connectivity index (χ0v) is 14.2. The molecule has 0 aromatic carbocycles. The minimum absolute atomic E-state index is 0.768. The van der Waals surface area contributed by atoms with Gasteiger partial charge in [-0.25, -0.2) is 0 Å². The summed E-state index contributed by atoms with van der Waals surface area (Å²) in [6.07, 6.45) is 3.51. The van der Waals surface area contributed by atoms with Gasteiger partial charge in [-0.2, -0.15) is 14.7 Å². The van der Waals surface area contributed by atoms with Crippen molar-refractivity contribution in [2.75, 3.05) is 11.9 Å². The molecule has 0 aliphatic rings. The van der Waals surface area contributed by atoms with Crippen LogP contribution in [0.15, 0.2) is 12.4 Å². The van der Waals surface area contributed by atoms with Crippen molar-refractivity contribution in [3.05, 3.63) is 35.0 Å². The average Bonchev–Trinajstić information content (AvgIpc) is 3.12. The quantitative estimate of drug-likeness (QED) is 0.707. The molecule has 0 radical (unpaired) electrons. The maximum Gasteiger partial charge on any atom is 0.200 e. The van der Waals surface area contributed by atoms with Gasteiger partial charge >= 0.3 is 0 Å². The summed E-state index contributed by atoms with van der Waals surface area (Å²) in [4.78, 5) is 0. The van der Waals surface area contributed by atoms with E-state index in [0.717, 1.165) is 48.7 Å². The number of nitrogens with one attached hydrogen (secondary N) is 1. The first-order valence-corrected chi connectivity index (χ1v) is 8.04. The smallest absolute Gasteiger partial charge is 0.200 e. The van der Waals surface area contributed by atoms with Crippen molar-refractivity contribution in [2.24, 2.45) is 0 Å². The van der Waals surface area contributed by atoms with E-state index in [9.17, 15) is 0 Å². The maximum atomic E-state index is 4.58. The molecule has 0 amide bonds. The molecule has 3 heterocycles. The first-order chi connectivity index (χ1) is 11.1. The van der Waals surface area contributed by atoms with Gasteiger partial charge < -0.3 is 5.32 Å². The lowest BCUT2D eigenvalue weighted by Gasteiger charge is -2.09. The number of nitrogens with zero attached hydrogens (tertiary/aromatic N) is 6. The molecule has 0 spiro atoms. The van der Waals surface area contributed by atoms with E-state index in [1.165, 1.54) is 11.3 Å². The summed E-state index contributed by atoms with van der Waals surface area (Å²) in [5.41, 5.74) is 6.42. The van der Waals surface area contributed by atoms with Crippen molar-refractivity contribution < 1.29 is 0 Å². The predicted molar refractivity (Wildman–Crippen MR) is 89.7 cm³/mol. The highest BCUT2D eigenvalue weighted by Gasteiger charge is 2.08. The van der Waals surface area contributed by atoms with Crippen LogP contribution in [0.1, 0.15) is 36.0 Å². The van der Waals surface area contributed by atoms with Crippen LogP contribution < -0.4 is 5.32 Å². The van der Waals surface area contributed by atoms with Crippen molar-refractivity contribution in [2.45, 2.75) is 47.1 Å². The number of fused-ring (bicyclic) bond motifs is 1. The Labute approximate surface area is 135 Å². The molecule has 0 aliphatic carbocycles. The summed E-state index contributed by atoms with van der Waals surface area (Å²) < 4.78 is 3.81. The highest BCUT2D eigenvalue weighted by Crippen LogP contribution is 2.16.